The molecule has 1 heterocycles. The van der Waals surface area contributed by atoms with Crippen LogP contribution in [-0.2, 0) is 27.4 Å². The third-order valence-corrected chi connectivity index (χ3v) is 3.24. The van der Waals surface area contributed by atoms with Crippen molar-refractivity contribution in [1.29, 1.82) is 0 Å². The Morgan fingerprint density at radius 2 is 2.12 bits per heavy atom. The number of nitrogens with zero attached hydrogens (tertiary/aromatic N) is 1. The molecule has 0 bridgehead atoms. The maximum absolute atomic E-state index is 11.7. The van der Waals surface area contributed by atoms with Crippen molar-refractivity contribution in [3.05, 3.63) is 26.9 Å². The number of aryl methyl sites for hydroxylation is 1. The summed E-state index contributed by atoms with van der Waals surface area (Å²) in [5.74, 6) is -0.513. The zero-order chi connectivity index (χ0) is 18.5. The summed E-state index contributed by atoms with van der Waals surface area (Å²) in [5.41, 5.74) is 5.23. The number of aromatic amines is 1. The largest absolute Gasteiger partial charge is 0.462 e. The molecule has 0 saturated heterocycles. The van der Waals surface area contributed by atoms with Crippen LogP contribution in [-0.4, -0.2) is 47.0 Å². The normalized spacial score (nSPS) is 11.4. The van der Waals surface area contributed by atoms with Crippen molar-refractivity contribution < 1.29 is 19.4 Å². The zero-order valence-corrected chi connectivity index (χ0v) is 15.2. The van der Waals surface area contributed by atoms with E-state index in [0.717, 1.165) is 0 Å². The quantitative estimate of drug-likeness (QED) is 0.461. The van der Waals surface area contributed by atoms with Gasteiger partial charge in [-0.15, -0.1) is 0 Å². The molecule has 4 N–H and O–H groups in total. The number of hydrogen-bond acceptors (Lipinski definition) is 7. The predicted octanol–water partition coefficient (Wildman–Crippen LogP) is 0.721. The van der Waals surface area contributed by atoms with Crippen LogP contribution in [0.3, 0.4) is 0 Å². The first-order valence-electron chi connectivity index (χ1n) is 7.75. The molecule has 1 aromatic rings. The Labute approximate surface area is 146 Å². The average Bonchev–Trinajstić information content (AvgIpc) is 2.56. The molecule has 1 atom stereocenters. The van der Waals surface area contributed by atoms with E-state index in [1.165, 1.54) is 24.3 Å². The van der Waals surface area contributed by atoms with Gasteiger partial charge in [-0.05, 0) is 6.42 Å². The Morgan fingerprint density at radius 3 is 2.62 bits per heavy atom. The molecule has 1 unspecified atom stereocenters. The molecule has 0 aliphatic heterocycles. The minimum absolute atomic E-state index is 0.0664. The van der Waals surface area contributed by atoms with Gasteiger partial charge >= 0.3 is 11.7 Å². The van der Waals surface area contributed by atoms with E-state index in [-0.39, 0.29) is 36.2 Å². The summed E-state index contributed by atoms with van der Waals surface area (Å²) in [4.78, 5) is 25.2. The Balaban J connectivity index is 0.00000163. The smallest absolute Gasteiger partial charge is 0.326 e. The predicted molar refractivity (Wildman–Crippen MR) is 93.2 cm³/mol. The number of rotatable bonds is 8. The van der Waals surface area contributed by atoms with Crippen LogP contribution in [0, 0.1) is 4.64 Å². The number of carbonyl (C=O) groups excluding carboxylic acids is 1. The van der Waals surface area contributed by atoms with E-state index >= 15 is 0 Å². The van der Waals surface area contributed by atoms with Crippen molar-refractivity contribution in [1.82, 2.24) is 9.55 Å². The van der Waals surface area contributed by atoms with Gasteiger partial charge in [-0.1, -0.05) is 32.5 Å². The van der Waals surface area contributed by atoms with E-state index in [1.807, 2.05) is 0 Å². The van der Waals surface area contributed by atoms with Gasteiger partial charge < -0.3 is 24.9 Å². The summed E-state index contributed by atoms with van der Waals surface area (Å²) in [6.45, 7) is 4.20. The maximum atomic E-state index is 11.7. The van der Waals surface area contributed by atoms with Gasteiger partial charge in [-0.2, -0.15) is 0 Å². The first-order chi connectivity index (χ1) is 11.4. The molecule has 0 spiro atoms. The maximum Gasteiger partial charge on any atom is 0.326 e. The first-order valence-corrected chi connectivity index (χ1v) is 8.16. The molecule has 0 aliphatic carbocycles. The standard InChI is InChI=1S/C12H19N3O5S.C3H8/c1-19-9(7-20-10(17)4-13)2-3-15-5-8(6-16)11(21)14-12(15)18;1-3-2/h5,9,16H,2-4,6-7,13H2,1H3,(H,14,18,21);3H2,1-2H3. The Kier molecular flexibility index (Phi) is 12.0. The van der Waals surface area contributed by atoms with Crippen molar-refractivity contribution in [3.63, 3.8) is 0 Å². The van der Waals surface area contributed by atoms with Crippen LogP contribution in [0.2, 0.25) is 0 Å². The SMILES string of the molecule is CCC.COC(CCn1cc(CO)c(=S)[nH]c1=O)COC(=O)CN. The molecule has 0 radical (unpaired) electrons. The zero-order valence-electron chi connectivity index (χ0n) is 14.4. The van der Waals surface area contributed by atoms with E-state index in [4.69, 9.17) is 32.5 Å². The van der Waals surface area contributed by atoms with Crippen molar-refractivity contribution in [2.45, 2.75) is 45.9 Å². The van der Waals surface area contributed by atoms with Crippen molar-refractivity contribution in [3.8, 4) is 0 Å². The Morgan fingerprint density at radius 1 is 1.50 bits per heavy atom. The number of nitrogens with one attached hydrogen (secondary N) is 1. The molecular weight excluding hydrogens is 334 g/mol. The number of aromatic nitrogens is 2. The van der Waals surface area contributed by atoms with Crippen LogP contribution in [0.4, 0.5) is 0 Å². The van der Waals surface area contributed by atoms with Gasteiger partial charge in [0.05, 0.1) is 19.3 Å². The lowest BCUT2D eigenvalue weighted by molar-refractivity contribution is -0.145. The minimum Gasteiger partial charge on any atom is -0.462 e. The minimum atomic E-state index is -0.513. The second-order valence-corrected chi connectivity index (χ2v) is 5.41. The monoisotopic (exact) mass is 361 g/mol. The third-order valence-electron chi connectivity index (χ3n) is 2.88. The lowest BCUT2D eigenvalue weighted by atomic mass is 10.2. The number of carbonyl (C=O) groups is 1. The van der Waals surface area contributed by atoms with Gasteiger partial charge in [0.2, 0.25) is 0 Å². The number of esters is 1. The summed E-state index contributed by atoms with van der Waals surface area (Å²) in [6, 6.07) is 0. The molecule has 0 aromatic carbocycles. The lowest BCUT2D eigenvalue weighted by Gasteiger charge is -2.16. The van der Waals surface area contributed by atoms with Crippen LogP contribution in [0.5, 0.6) is 0 Å². The van der Waals surface area contributed by atoms with Gasteiger partial charge in [0.1, 0.15) is 11.2 Å². The van der Waals surface area contributed by atoms with Crippen molar-refractivity contribution >= 4 is 18.2 Å². The van der Waals surface area contributed by atoms with Crippen LogP contribution < -0.4 is 11.4 Å². The fourth-order valence-electron chi connectivity index (χ4n) is 1.63. The lowest BCUT2D eigenvalue weighted by Crippen LogP contribution is -2.29. The molecule has 24 heavy (non-hydrogen) atoms. The Bertz CT molecular complexity index is 600. The van der Waals surface area contributed by atoms with Crippen LogP contribution in [0.25, 0.3) is 0 Å². The van der Waals surface area contributed by atoms with E-state index in [9.17, 15) is 9.59 Å². The highest BCUT2D eigenvalue weighted by atomic mass is 32.1. The fourth-order valence-corrected chi connectivity index (χ4v) is 1.83. The van der Waals surface area contributed by atoms with Crippen molar-refractivity contribution in [2.75, 3.05) is 20.3 Å². The second-order valence-electron chi connectivity index (χ2n) is 5.01. The van der Waals surface area contributed by atoms with Gasteiger partial charge in [-0.25, -0.2) is 4.79 Å². The van der Waals surface area contributed by atoms with Crippen LogP contribution >= 0.6 is 12.2 Å². The van der Waals surface area contributed by atoms with Gasteiger partial charge in [-0.3, -0.25) is 9.78 Å². The number of nitrogens with two attached hydrogens (primary N) is 1. The molecule has 1 rings (SSSR count). The fraction of sp³-hybridized carbons (Fsp3) is 0.667. The van der Waals surface area contributed by atoms with Gasteiger partial charge in [0, 0.05) is 25.4 Å². The van der Waals surface area contributed by atoms with E-state index in [1.54, 1.807) is 0 Å². The molecule has 0 fully saturated rings. The number of methoxy groups -OCH3 is 1. The molecular formula is C15H27N3O5S. The number of aliphatic hydroxyl groups is 1. The molecule has 8 nitrogen and oxygen atoms in total. The third kappa shape index (κ3) is 8.34. The summed E-state index contributed by atoms with van der Waals surface area (Å²) >= 11 is 4.92. The first kappa shape index (κ1) is 22.4. The van der Waals surface area contributed by atoms with Crippen LogP contribution in [0.1, 0.15) is 32.3 Å². The van der Waals surface area contributed by atoms with E-state index in [0.29, 0.717) is 18.5 Å². The van der Waals surface area contributed by atoms with Gasteiger partial charge in [0.25, 0.3) is 0 Å². The molecule has 1 aromatic heterocycles. The molecule has 0 aliphatic rings. The van der Waals surface area contributed by atoms with Crippen LogP contribution in [0.15, 0.2) is 11.0 Å². The van der Waals surface area contributed by atoms with Gasteiger partial charge in [0.15, 0.2) is 0 Å². The second kappa shape index (κ2) is 12.8. The number of hydrogen-bond donors (Lipinski definition) is 3. The average molecular weight is 361 g/mol. The molecule has 0 amide bonds. The van der Waals surface area contributed by atoms with Crippen molar-refractivity contribution in [2.24, 2.45) is 5.73 Å². The molecule has 0 saturated carbocycles. The summed E-state index contributed by atoms with van der Waals surface area (Å²) in [6.07, 6.45) is 2.84. The summed E-state index contributed by atoms with van der Waals surface area (Å²) < 4.78 is 11.7. The number of H-pyrrole nitrogens is 1. The van der Waals surface area contributed by atoms with E-state index in [2.05, 4.69) is 18.8 Å². The summed E-state index contributed by atoms with van der Waals surface area (Å²) in [7, 11) is 1.49. The van der Waals surface area contributed by atoms with E-state index < -0.39 is 5.97 Å². The molecule has 9 heteroatoms. The highest BCUT2D eigenvalue weighted by Gasteiger charge is 2.11. The highest BCUT2D eigenvalue weighted by molar-refractivity contribution is 7.71. The topological polar surface area (TPSA) is 120 Å². The molecule has 138 valence electrons. The number of ether oxygens (including phenoxy) is 2. The highest BCUT2D eigenvalue weighted by Crippen LogP contribution is 2.03. The Hall–Kier alpha value is -1.55. The summed E-state index contributed by atoms with van der Waals surface area (Å²) in [5, 5.41) is 9.13. The number of aliphatic hydroxyl groups excluding tert-OH is 1.